The van der Waals surface area contributed by atoms with E-state index in [2.05, 4.69) is 17.3 Å². The number of nitrogens with zero attached hydrogens (tertiary/aromatic N) is 1. The van der Waals surface area contributed by atoms with E-state index in [-0.39, 0.29) is 5.60 Å². The van der Waals surface area contributed by atoms with Crippen LogP contribution in [0.3, 0.4) is 0 Å². The smallest absolute Gasteiger partial charge is 0.0741 e. The van der Waals surface area contributed by atoms with Gasteiger partial charge in [0.25, 0.3) is 0 Å². The molecule has 3 fully saturated rings. The molecular weight excluding hydrogens is 240 g/mol. The van der Waals surface area contributed by atoms with Gasteiger partial charge >= 0.3 is 0 Å². The largest absolute Gasteiger partial charge is 0.381 e. The van der Waals surface area contributed by atoms with Crippen LogP contribution in [0.5, 0.6) is 0 Å². The Morgan fingerprint density at radius 3 is 2.84 bits per heavy atom. The molecular formula is C15H28N2O2. The summed E-state index contributed by atoms with van der Waals surface area (Å²) in [6.45, 7) is 6.43. The van der Waals surface area contributed by atoms with Crippen molar-refractivity contribution in [2.45, 2.75) is 43.7 Å². The Morgan fingerprint density at radius 1 is 1.21 bits per heavy atom. The third-order valence-electron chi connectivity index (χ3n) is 5.20. The lowest BCUT2D eigenvalue weighted by Gasteiger charge is -2.45. The van der Waals surface area contributed by atoms with E-state index >= 15 is 0 Å². The van der Waals surface area contributed by atoms with E-state index in [0.29, 0.717) is 0 Å². The molecule has 3 saturated heterocycles. The first-order valence-electron chi connectivity index (χ1n) is 7.92. The first-order valence-corrected chi connectivity index (χ1v) is 7.92. The van der Waals surface area contributed by atoms with Crippen molar-refractivity contribution in [3.05, 3.63) is 0 Å². The second kappa shape index (κ2) is 6.08. The second-order valence-electron chi connectivity index (χ2n) is 6.50. The van der Waals surface area contributed by atoms with E-state index in [4.69, 9.17) is 9.47 Å². The van der Waals surface area contributed by atoms with Crippen molar-refractivity contribution in [3.63, 3.8) is 0 Å². The summed E-state index contributed by atoms with van der Waals surface area (Å²) in [6, 6.07) is 0.744. The van der Waals surface area contributed by atoms with Crippen LogP contribution < -0.4 is 5.32 Å². The van der Waals surface area contributed by atoms with Gasteiger partial charge < -0.3 is 14.8 Å². The maximum atomic E-state index is 6.15. The maximum Gasteiger partial charge on any atom is 0.0741 e. The van der Waals surface area contributed by atoms with Gasteiger partial charge in [-0.1, -0.05) is 0 Å². The molecule has 3 aliphatic heterocycles. The Hall–Kier alpha value is -0.160. The van der Waals surface area contributed by atoms with Gasteiger partial charge in [-0.25, -0.2) is 0 Å². The van der Waals surface area contributed by atoms with Crippen LogP contribution in [0.1, 0.15) is 32.1 Å². The fraction of sp³-hybridized carbons (Fsp3) is 1.00. The van der Waals surface area contributed by atoms with Crippen LogP contribution in [0, 0.1) is 5.92 Å². The lowest BCUT2D eigenvalue weighted by molar-refractivity contribution is -0.150. The highest BCUT2D eigenvalue weighted by Crippen LogP contribution is 2.37. The topological polar surface area (TPSA) is 33.7 Å². The van der Waals surface area contributed by atoms with Crippen LogP contribution in [0.15, 0.2) is 0 Å². The lowest BCUT2D eigenvalue weighted by atomic mass is 9.83. The molecule has 1 spiro atoms. The van der Waals surface area contributed by atoms with Gasteiger partial charge in [-0.2, -0.15) is 0 Å². The third kappa shape index (κ3) is 3.13. The molecule has 3 aliphatic rings. The van der Waals surface area contributed by atoms with Crippen LogP contribution in [0.4, 0.5) is 0 Å². The minimum Gasteiger partial charge on any atom is -0.381 e. The van der Waals surface area contributed by atoms with Crippen molar-refractivity contribution in [1.29, 1.82) is 0 Å². The molecule has 4 nitrogen and oxygen atoms in total. The molecule has 19 heavy (non-hydrogen) atoms. The molecule has 110 valence electrons. The Kier molecular flexibility index (Phi) is 4.42. The van der Waals surface area contributed by atoms with Crippen LogP contribution in [-0.4, -0.2) is 63.0 Å². The van der Waals surface area contributed by atoms with Crippen molar-refractivity contribution in [1.82, 2.24) is 10.2 Å². The van der Waals surface area contributed by atoms with E-state index in [9.17, 15) is 0 Å². The molecule has 4 heteroatoms. The Labute approximate surface area is 116 Å². The molecule has 0 radical (unpaired) electrons. The van der Waals surface area contributed by atoms with Crippen LogP contribution in [0.25, 0.3) is 0 Å². The molecule has 0 bridgehead atoms. The van der Waals surface area contributed by atoms with E-state index in [1.807, 2.05) is 0 Å². The first kappa shape index (κ1) is 13.8. The zero-order valence-electron chi connectivity index (χ0n) is 12.2. The monoisotopic (exact) mass is 268 g/mol. The summed E-state index contributed by atoms with van der Waals surface area (Å²) in [7, 11) is 2.06. The zero-order valence-corrected chi connectivity index (χ0v) is 12.2. The second-order valence-corrected chi connectivity index (χ2v) is 6.50. The van der Waals surface area contributed by atoms with E-state index in [0.717, 1.165) is 44.6 Å². The molecule has 2 unspecified atom stereocenters. The van der Waals surface area contributed by atoms with Crippen molar-refractivity contribution in [2.75, 3.05) is 46.5 Å². The van der Waals surface area contributed by atoms with Crippen molar-refractivity contribution >= 4 is 0 Å². The molecule has 3 rings (SSSR count). The van der Waals surface area contributed by atoms with Gasteiger partial charge in [0.1, 0.15) is 0 Å². The standard InChI is InChI=1S/C15H28N2O2/c1-16-11-13-2-6-17(12-13)14-3-7-19-15(10-14)4-8-18-9-5-15/h13-14,16H,2-12H2,1H3. The van der Waals surface area contributed by atoms with Gasteiger partial charge in [-0.05, 0) is 58.2 Å². The Bertz CT molecular complexity index is 286. The van der Waals surface area contributed by atoms with Gasteiger partial charge in [0.2, 0.25) is 0 Å². The number of nitrogens with one attached hydrogen (secondary N) is 1. The summed E-state index contributed by atoms with van der Waals surface area (Å²) >= 11 is 0. The van der Waals surface area contributed by atoms with Crippen LogP contribution >= 0.6 is 0 Å². The molecule has 0 aromatic rings. The third-order valence-corrected chi connectivity index (χ3v) is 5.20. The quantitative estimate of drug-likeness (QED) is 0.835. The number of hydrogen-bond acceptors (Lipinski definition) is 4. The zero-order chi connectivity index (χ0) is 13.1. The summed E-state index contributed by atoms with van der Waals surface area (Å²) in [5.41, 5.74) is 0.141. The van der Waals surface area contributed by atoms with Gasteiger partial charge in [-0.15, -0.1) is 0 Å². The Morgan fingerprint density at radius 2 is 2.05 bits per heavy atom. The fourth-order valence-corrected chi connectivity index (χ4v) is 4.05. The summed E-state index contributed by atoms with van der Waals surface area (Å²) in [4.78, 5) is 2.72. The average Bonchev–Trinajstić information content (AvgIpc) is 2.89. The highest BCUT2D eigenvalue weighted by Gasteiger charge is 2.41. The van der Waals surface area contributed by atoms with Crippen molar-refractivity contribution in [3.8, 4) is 0 Å². The molecule has 0 saturated carbocycles. The van der Waals surface area contributed by atoms with E-state index in [1.165, 1.54) is 38.9 Å². The lowest BCUT2D eigenvalue weighted by Crippen LogP contribution is -2.50. The highest BCUT2D eigenvalue weighted by molar-refractivity contribution is 4.94. The van der Waals surface area contributed by atoms with Crippen LogP contribution in [-0.2, 0) is 9.47 Å². The van der Waals surface area contributed by atoms with Crippen molar-refractivity contribution < 1.29 is 9.47 Å². The molecule has 2 atom stereocenters. The number of likely N-dealkylation sites (tertiary alicyclic amines) is 1. The maximum absolute atomic E-state index is 6.15. The van der Waals surface area contributed by atoms with Gasteiger partial charge in [0.05, 0.1) is 5.60 Å². The minimum absolute atomic E-state index is 0.141. The minimum atomic E-state index is 0.141. The van der Waals surface area contributed by atoms with Crippen LogP contribution in [0.2, 0.25) is 0 Å². The van der Waals surface area contributed by atoms with E-state index < -0.39 is 0 Å². The Balaban J connectivity index is 1.56. The summed E-state index contributed by atoms with van der Waals surface area (Å²) < 4.78 is 11.7. The molecule has 1 N–H and O–H groups in total. The molecule has 0 aromatic heterocycles. The summed E-state index contributed by atoms with van der Waals surface area (Å²) in [5.74, 6) is 0.846. The van der Waals surface area contributed by atoms with Crippen molar-refractivity contribution in [2.24, 2.45) is 5.92 Å². The summed E-state index contributed by atoms with van der Waals surface area (Å²) in [5, 5.41) is 3.32. The predicted octanol–water partition coefficient (Wildman–Crippen LogP) is 1.26. The average molecular weight is 268 g/mol. The number of rotatable bonds is 3. The molecule has 0 aromatic carbocycles. The molecule has 0 aliphatic carbocycles. The highest BCUT2D eigenvalue weighted by atomic mass is 16.5. The van der Waals surface area contributed by atoms with Gasteiger partial charge in [0, 0.05) is 32.4 Å². The molecule has 0 amide bonds. The number of ether oxygens (including phenoxy) is 2. The number of hydrogen-bond donors (Lipinski definition) is 1. The normalized spacial score (nSPS) is 35.8. The van der Waals surface area contributed by atoms with Gasteiger partial charge in [-0.3, -0.25) is 4.90 Å². The summed E-state index contributed by atoms with van der Waals surface area (Å²) in [6.07, 6.45) is 5.99. The SMILES string of the molecule is CNCC1CCN(C2CCOC3(CCOCC3)C2)C1. The van der Waals surface area contributed by atoms with E-state index in [1.54, 1.807) is 0 Å². The predicted molar refractivity (Wildman–Crippen MR) is 75.4 cm³/mol. The fourth-order valence-electron chi connectivity index (χ4n) is 4.05. The van der Waals surface area contributed by atoms with Gasteiger partial charge in [0.15, 0.2) is 0 Å². The first-order chi connectivity index (χ1) is 9.31. The molecule has 3 heterocycles.